The van der Waals surface area contributed by atoms with Crippen LogP contribution >= 0.6 is 0 Å². The van der Waals surface area contributed by atoms with E-state index >= 15 is 0 Å². The first kappa shape index (κ1) is 23.2. The summed E-state index contributed by atoms with van der Waals surface area (Å²) in [6, 6.07) is 21.5. The number of carbonyl (C=O) groups excluding carboxylic acids is 2. The Balaban J connectivity index is 1.57. The van der Waals surface area contributed by atoms with E-state index in [1.807, 2.05) is 49.5 Å². The maximum absolute atomic E-state index is 12.4. The first-order valence-corrected chi connectivity index (χ1v) is 13.0. The van der Waals surface area contributed by atoms with Crippen molar-refractivity contribution in [2.24, 2.45) is 0 Å². The number of methoxy groups -OCH3 is 1. The predicted molar refractivity (Wildman–Crippen MR) is 125 cm³/mol. The van der Waals surface area contributed by atoms with Crippen LogP contribution in [0.1, 0.15) is 10.4 Å². The average Bonchev–Trinajstić information content (AvgIpc) is 2.83. The molecule has 7 heteroatoms. The molecule has 0 fully saturated rings. The van der Waals surface area contributed by atoms with E-state index < -0.39 is 14.3 Å². The molecule has 6 nitrogen and oxygen atoms in total. The third kappa shape index (κ3) is 5.84. The highest BCUT2D eigenvalue weighted by atomic mass is 28.4. The van der Waals surface area contributed by atoms with Gasteiger partial charge in [0, 0.05) is 7.11 Å². The van der Waals surface area contributed by atoms with Gasteiger partial charge < -0.3 is 18.6 Å². The van der Waals surface area contributed by atoms with E-state index in [-0.39, 0.29) is 12.0 Å². The van der Waals surface area contributed by atoms with Gasteiger partial charge in [-0.05, 0) is 72.8 Å². The van der Waals surface area contributed by atoms with Crippen LogP contribution in [0.3, 0.4) is 0 Å². The van der Waals surface area contributed by atoms with Gasteiger partial charge in [0.15, 0.2) is 5.41 Å². The van der Waals surface area contributed by atoms with Crippen LogP contribution in [0.25, 0.3) is 11.1 Å². The molecule has 0 saturated carbocycles. The summed E-state index contributed by atoms with van der Waals surface area (Å²) in [6.07, 6.45) is 0. The quantitative estimate of drug-likeness (QED) is 0.262. The molecule has 0 aliphatic carbocycles. The van der Waals surface area contributed by atoms with Crippen molar-refractivity contribution in [3.8, 4) is 28.4 Å². The van der Waals surface area contributed by atoms with Gasteiger partial charge in [-0.1, -0.05) is 24.3 Å². The zero-order valence-corrected chi connectivity index (χ0v) is 19.6. The fourth-order valence-corrected chi connectivity index (χ4v) is 3.44. The minimum atomic E-state index is -2.38. The first-order chi connectivity index (χ1) is 15.3. The minimum Gasteiger partial charge on any atom is -0.497 e. The summed E-state index contributed by atoms with van der Waals surface area (Å²) in [6.45, 7) is 3.58. The van der Waals surface area contributed by atoms with E-state index in [1.54, 1.807) is 43.5 Å². The number of hydrogen-bond donors (Lipinski definition) is 0. The van der Waals surface area contributed by atoms with E-state index in [2.05, 4.69) is 0 Å². The van der Waals surface area contributed by atoms with Crippen molar-refractivity contribution in [3.05, 3.63) is 78.4 Å². The van der Waals surface area contributed by atoms with E-state index in [9.17, 15) is 9.59 Å². The van der Waals surface area contributed by atoms with Crippen LogP contribution < -0.4 is 14.2 Å². The number of ether oxygens (including phenoxy) is 3. The SMILES string of the molecule is COc1ccc(-c2ccc(OC(=O)c3ccc(OCC(=O)[Si](C)(C)OC)cc3)cc2)cc1. The summed E-state index contributed by atoms with van der Waals surface area (Å²) in [5, 5.41) is -0.0402. The van der Waals surface area contributed by atoms with Gasteiger partial charge in [0.2, 0.25) is 0 Å². The van der Waals surface area contributed by atoms with E-state index in [0.29, 0.717) is 17.1 Å². The second-order valence-corrected chi connectivity index (χ2v) is 11.6. The van der Waals surface area contributed by atoms with Crippen molar-refractivity contribution in [3.63, 3.8) is 0 Å². The van der Waals surface area contributed by atoms with Crippen molar-refractivity contribution >= 4 is 19.7 Å². The Labute approximate surface area is 188 Å². The highest BCUT2D eigenvalue weighted by Gasteiger charge is 2.31. The molecule has 0 unspecified atom stereocenters. The molecule has 0 amide bonds. The largest absolute Gasteiger partial charge is 0.497 e. The maximum Gasteiger partial charge on any atom is 0.343 e. The Morgan fingerprint density at radius 3 is 1.72 bits per heavy atom. The summed E-state index contributed by atoms with van der Waals surface area (Å²) in [5.74, 6) is 1.27. The van der Waals surface area contributed by atoms with Gasteiger partial charge in [-0.2, -0.15) is 0 Å². The van der Waals surface area contributed by atoms with Gasteiger partial charge in [-0.25, -0.2) is 4.79 Å². The summed E-state index contributed by atoms with van der Waals surface area (Å²) >= 11 is 0. The zero-order valence-electron chi connectivity index (χ0n) is 18.6. The van der Waals surface area contributed by atoms with Crippen molar-refractivity contribution < 1.29 is 28.2 Å². The summed E-state index contributed by atoms with van der Waals surface area (Å²) in [5.41, 5.74) is 2.42. The molecular weight excluding hydrogens is 424 g/mol. The molecule has 3 rings (SSSR count). The number of benzene rings is 3. The monoisotopic (exact) mass is 450 g/mol. The lowest BCUT2D eigenvalue weighted by atomic mass is 10.1. The molecule has 0 atom stereocenters. The van der Waals surface area contributed by atoms with Crippen LogP contribution in [0.2, 0.25) is 13.1 Å². The van der Waals surface area contributed by atoms with Crippen molar-refractivity contribution in [1.82, 2.24) is 0 Å². The van der Waals surface area contributed by atoms with E-state index in [4.69, 9.17) is 18.6 Å². The molecule has 0 radical (unpaired) electrons. The summed E-state index contributed by atoms with van der Waals surface area (Å²) in [4.78, 5) is 24.6. The molecule has 0 saturated heterocycles. The van der Waals surface area contributed by atoms with Crippen LogP contribution in [0.15, 0.2) is 72.8 Å². The van der Waals surface area contributed by atoms with Crippen LogP contribution in [0.4, 0.5) is 0 Å². The topological polar surface area (TPSA) is 71.1 Å². The van der Waals surface area contributed by atoms with Gasteiger partial charge in [0.1, 0.15) is 23.9 Å². The van der Waals surface area contributed by atoms with Crippen LogP contribution in [-0.4, -0.2) is 40.5 Å². The van der Waals surface area contributed by atoms with Crippen molar-refractivity contribution in [1.29, 1.82) is 0 Å². The Morgan fingerprint density at radius 2 is 1.22 bits per heavy atom. The third-order valence-electron chi connectivity index (χ3n) is 5.13. The molecule has 3 aromatic rings. The molecule has 0 aliphatic rings. The molecule has 0 spiro atoms. The van der Waals surface area contributed by atoms with Gasteiger partial charge in [0.25, 0.3) is 8.32 Å². The Morgan fingerprint density at radius 1 is 0.719 bits per heavy atom. The van der Waals surface area contributed by atoms with Crippen LogP contribution in [0, 0.1) is 0 Å². The zero-order chi connectivity index (χ0) is 23.1. The van der Waals surface area contributed by atoms with Crippen molar-refractivity contribution in [2.75, 3.05) is 20.8 Å². The molecule has 166 valence electrons. The van der Waals surface area contributed by atoms with Gasteiger partial charge in [-0.3, -0.25) is 4.79 Å². The molecular formula is C25H26O6Si. The highest BCUT2D eigenvalue weighted by Crippen LogP contribution is 2.25. The van der Waals surface area contributed by atoms with Crippen LogP contribution in [-0.2, 0) is 9.22 Å². The second-order valence-electron chi connectivity index (χ2n) is 7.59. The van der Waals surface area contributed by atoms with Gasteiger partial charge in [-0.15, -0.1) is 0 Å². The Hall–Kier alpha value is -3.42. The molecule has 3 aromatic carbocycles. The third-order valence-corrected chi connectivity index (χ3v) is 7.64. The lowest BCUT2D eigenvalue weighted by molar-refractivity contribution is -0.115. The van der Waals surface area contributed by atoms with E-state index in [0.717, 1.165) is 16.9 Å². The van der Waals surface area contributed by atoms with Gasteiger partial charge in [0.05, 0.1) is 12.7 Å². The lowest BCUT2D eigenvalue weighted by Crippen LogP contribution is -2.43. The number of rotatable bonds is 9. The molecule has 0 aromatic heterocycles. The Bertz CT molecular complexity index is 1060. The number of carbonyl (C=O) groups is 2. The lowest BCUT2D eigenvalue weighted by Gasteiger charge is -2.18. The molecule has 0 N–H and O–H groups in total. The minimum absolute atomic E-state index is 0.0402. The molecule has 0 bridgehead atoms. The average molecular weight is 451 g/mol. The fraction of sp³-hybridized carbons (Fsp3) is 0.200. The highest BCUT2D eigenvalue weighted by molar-refractivity contribution is 7.00. The van der Waals surface area contributed by atoms with Crippen LogP contribution in [0.5, 0.6) is 17.2 Å². The first-order valence-electron chi connectivity index (χ1n) is 10.1. The van der Waals surface area contributed by atoms with Gasteiger partial charge >= 0.3 is 5.97 Å². The molecule has 0 heterocycles. The van der Waals surface area contributed by atoms with Crippen molar-refractivity contribution in [2.45, 2.75) is 13.1 Å². The second kappa shape index (κ2) is 10.3. The summed E-state index contributed by atoms with van der Waals surface area (Å²) < 4.78 is 21.4. The molecule has 0 aliphatic heterocycles. The Kier molecular flexibility index (Phi) is 7.45. The normalized spacial score (nSPS) is 11.0. The predicted octanol–water partition coefficient (Wildman–Crippen LogP) is 4.92. The smallest absolute Gasteiger partial charge is 0.343 e. The summed E-state index contributed by atoms with van der Waals surface area (Å²) in [7, 11) is 0.788. The fourth-order valence-electron chi connectivity index (χ4n) is 2.79. The maximum atomic E-state index is 12.4. The standard InChI is InChI=1S/C25H26O6Si/c1-28-21-11-5-18(6-12-21)19-7-15-23(16-8-19)31-25(27)20-9-13-22(14-10-20)30-17-24(26)32(3,4)29-2/h5-16H,17H2,1-4H3. The number of hydrogen-bond acceptors (Lipinski definition) is 6. The number of esters is 1. The molecule has 32 heavy (non-hydrogen) atoms. The van der Waals surface area contributed by atoms with E-state index in [1.165, 1.54) is 7.11 Å².